The smallest absolute Gasteiger partial charge is 0.130 e. The van der Waals surface area contributed by atoms with Crippen molar-refractivity contribution in [3.8, 4) is 0 Å². The highest BCUT2D eigenvalue weighted by molar-refractivity contribution is 5.27. The Kier molecular flexibility index (Phi) is 2.07. The molecule has 1 aliphatic heterocycles. The SMILES string of the molecule is CC1(C)CNC1c1c(F)cccc1F. The highest BCUT2D eigenvalue weighted by Gasteiger charge is 2.41. The molecule has 0 bridgehead atoms. The predicted molar refractivity (Wildman–Crippen MR) is 50.9 cm³/mol. The summed E-state index contributed by atoms with van der Waals surface area (Å²) in [5.74, 6) is -0.925. The zero-order valence-electron chi connectivity index (χ0n) is 8.27. The molecule has 1 nitrogen and oxygen atoms in total. The van der Waals surface area contributed by atoms with E-state index in [1.807, 2.05) is 13.8 Å². The van der Waals surface area contributed by atoms with E-state index < -0.39 is 11.6 Å². The summed E-state index contributed by atoms with van der Waals surface area (Å²) in [6.45, 7) is 4.80. The van der Waals surface area contributed by atoms with Gasteiger partial charge in [-0.2, -0.15) is 0 Å². The first-order valence-electron chi connectivity index (χ1n) is 4.70. The van der Waals surface area contributed by atoms with Crippen molar-refractivity contribution in [3.05, 3.63) is 35.4 Å². The van der Waals surface area contributed by atoms with Crippen LogP contribution in [0.25, 0.3) is 0 Å². The summed E-state index contributed by atoms with van der Waals surface area (Å²) in [5, 5.41) is 3.05. The Balaban J connectivity index is 2.42. The number of benzene rings is 1. The van der Waals surface area contributed by atoms with E-state index in [0.29, 0.717) is 0 Å². The largest absolute Gasteiger partial charge is 0.309 e. The fraction of sp³-hybridized carbons (Fsp3) is 0.455. The van der Waals surface area contributed by atoms with Gasteiger partial charge in [0.1, 0.15) is 11.6 Å². The van der Waals surface area contributed by atoms with Gasteiger partial charge < -0.3 is 5.32 Å². The fourth-order valence-corrected chi connectivity index (χ4v) is 1.89. The maximum Gasteiger partial charge on any atom is 0.130 e. The number of hydrogen-bond acceptors (Lipinski definition) is 1. The Bertz CT molecular complexity index is 340. The van der Waals surface area contributed by atoms with E-state index in [1.165, 1.54) is 18.2 Å². The Morgan fingerprint density at radius 3 is 2.21 bits per heavy atom. The van der Waals surface area contributed by atoms with Crippen molar-refractivity contribution in [2.24, 2.45) is 5.41 Å². The van der Waals surface area contributed by atoms with Crippen molar-refractivity contribution >= 4 is 0 Å². The van der Waals surface area contributed by atoms with Crippen LogP contribution in [0.2, 0.25) is 0 Å². The van der Waals surface area contributed by atoms with Crippen LogP contribution in [0.3, 0.4) is 0 Å². The summed E-state index contributed by atoms with van der Waals surface area (Å²) in [6.07, 6.45) is 0. The molecule has 0 amide bonds. The highest BCUT2D eigenvalue weighted by Crippen LogP contribution is 2.41. The Hall–Kier alpha value is -0.960. The van der Waals surface area contributed by atoms with Crippen molar-refractivity contribution in [1.82, 2.24) is 5.32 Å². The first kappa shape index (κ1) is 9.59. The zero-order chi connectivity index (χ0) is 10.3. The minimum atomic E-state index is -0.463. The molecule has 1 N–H and O–H groups in total. The summed E-state index contributed by atoms with van der Waals surface area (Å²) in [5.41, 5.74) is 0.104. The molecular weight excluding hydrogens is 184 g/mol. The van der Waals surface area contributed by atoms with Crippen LogP contribution in [0, 0.1) is 17.0 Å². The molecule has 1 aromatic rings. The maximum absolute atomic E-state index is 13.4. The molecule has 1 unspecified atom stereocenters. The van der Waals surface area contributed by atoms with E-state index in [9.17, 15) is 8.78 Å². The maximum atomic E-state index is 13.4. The van der Waals surface area contributed by atoms with Gasteiger partial charge in [0.05, 0.1) is 0 Å². The number of hydrogen-bond donors (Lipinski definition) is 1. The second-order valence-corrected chi connectivity index (χ2v) is 4.44. The molecule has 2 rings (SSSR count). The standard InChI is InChI=1S/C11H13F2N/c1-11(2)6-14-10(11)9-7(12)4-3-5-8(9)13/h3-5,10,14H,6H2,1-2H3. The lowest BCUT2D eigenvalue weighted by atomic mass is 9.73. The quantitative estimate of drug-likeness (QED) is 0.729. The normalized spacial score (nSPS) is 24.4. The van der Waals surface area contributed by atoms with Crippen LogP contribution in [-0.4, -0.2) is 6.54 Å². The molecule has 1 heterocycles. The lowest BCUT2D eigenvalue weighted by molar-refractivity contribution is 0.121. The Labute approximate surface area is 82.1 Å². The van der Waals surface area contributed by atoms with Gasteiger partial charge in [-0.15, -0.1) is 0 Å². The lowest BCUT2D eigenvalue weighted by Crippen LogP contribution is -2.53. The molecule has 1 atom stereocenters. The van der Waals surface area contributed by atoms with E-state index >= 15 is 0 Å². The van der Waals surface area contributed by atoms with Crippen molar-refractivity contribution in [3.63, 3.8) is 0 Å². The van der Waals surface area contributed by atoms with Crippen LogP contribution >= 0.6 is 0 Å². The lowest BCUT2D eigenvalue weighted by Gasteiger charge is -2.46. The number of nitrogens with one attached hydrogen (secondary N) is 1. The second-order valence-electron chi connectivity index (χ2n) is 4.44. The zero-order valence-corrected chi connectivity index (χ0v) is 8.27. The molecule has 1 fully saturated rings. The van der Waals surface area contributed by atoms with E-state index in [1.54, 1.807) is 0 Å². The molecule has 0 spiro atoms. The van der Waals surface area contributed by atoms with Gasteiger partial charge in [-0.05, 0) is 17.5 Å². The van der Waals surface area contributed by atoms with Gasteiger partial charge in [-0.1, -0.05) is 19.9 Å². The average Bonchev–Trinajstić information content (AvgIpc) is 2.10. The van der Waals surface area contributed by atoms with Crippen molar-refractivity contribution in [2.75, 3.05) is 6.54 Å². The molecule has 0 radical (unpaired) electrons. The van der Waals surface area contributed by atoms with Crippen LogP contribution < -0.4 is 5.32 Å². The van der Waals surface area contributed by atoms with E-state index in [-0.39, 0.29) is 17.0 Å². The minimum Gasteiger partial charge on any atom is -0.309 e. The van der Waals surface area contributed by atoms with Crippen molar-refractivity contribution in [2.45, 2.75) is 19.9 Å². The summed E-state index contributed by atoms with van der Waals surface area (Å²) in [7, 11) is 0. The predicted octanol–water partition coefficient (Wildman–Crippen LogP) is 2.64. The van der Waals surface area contributed by atoms with Gasteiger partial charge in [-0.25, -0.2) is 8.78 Å². The molecule has 76 valence electrons. The number of halogens is 2. The topological polar surface area (TPSA) is 12.0 Å². The van der Waals surface area contributed by atoms with Crippen LogP contribution in [0.5, 0.6) is 0 Å². The third kappa shape index (κ3) is 1.32. The van der Waals surface area contributed by atoms with Crippen molar-refractivity contribution in [1.29, 1.82) is 0 Å². The first-order valence-corrected chi connectivity index (χ1v) is 4.70. The van der Waals surface area contributed by atoms with E-state index in [0.717, 1.165) is 6.54 Å². The molecule has 1 aromatic carbocycles. The van der Waals surface area contributed by atoms with Gasteiger partial charge in [0.15, 0.2) is 0 Å². The molecule has 1 aliphatic rings. The van der Waals surface area contributed by atoms with Crippen LogP contribution in [0.15, 0.2) is 18.2 Å². The molecule has 14 heavy (non-hydrogen) atoms. The summed E-state index contributed by atoms with van der Waals surface area (Å²) < 4.78 is 26.8. The minimum absolute atomic E-state index is 0.0664. The third-order valence-corrected chi connectivity index (χ3v) is 2.83. The van der Waals surface area contributed by atoms with Gasteiger partial charge in [0.25, 0.3) is 0 Å². The van der Waals surface area contributed by atoms with Gasteiger partial charge in [0.2, 0.25) is 0 Å². The Morgan fingerprint density at radius 1 is 1.29 bits per heavy atom. The molecule has 3 heteroatoms. The molecule has 1 saturated heterocycles. The monoisotopic (exact) mass is 197 g/mol. The first-order chi connectivity index (χ1) is 6.52. The summed E-state index contributed by atoms with van der Waals surface area (Å²) in [4.78, 5) is 0. The van der Waals surface area contributed by atoms with E-state index in [2.05, 4.69) is 5.32 Å². The number of rotatable bonds is 1. The van der Waals surface area contributed by atoms with Crippen LogP contribution in [-0.2, 0) is 0 Å². The van der Waals surface area contributed by atoms with Crippen molar-refractivity contribution < 1.29 is 8.78 Å². The van der Waals surface area contributed by atoms with Crippen LogP contribution in [0.1, 0.15) is 25.5 Å². The van der Waals surface area contributed by atoms with Crippen LogP contribution in [0.4, 0.5) is 8.78 Å². The van der Waals surface area contributed by atoms with Gasteiger partial charge in [0, 0.05) is 18.2 Å². The Morgan fingerprint density at radius 2 is 1.86 bits per heavy atom. The second kappa shape index (κ2) is 3.02. The molecular formula is C11H13F2N. The molecule has 0 aliphatic carbocycles. The molecule has 0 saturated carbocycles. The fourth-order valence-electron chi connectivity index (χ4n) is 1.89. The van der Waals surface area contributed by atoms with E-state index in [4.69, 9.17) is 0 Å². The molecule has 0 aromatic heterocycles. The summed E-state index contributed by atoms with van der Waals surface area (Å²) >= 11 is 0. The highest BCUT2D eigenvalue weighted by atomic mass is 19.1. The van der Waals surface area contributed by atoms with Gasteiger partial charge >= 0.3 is 0 Å². The summed E-state index contributed by atoms with van der Waals surface area (Å²) in [6, 6.07) is 3.78. The van der Waals surface area contributed by atoms with Gasteiger partial charge in [-0.3, -0.25) is 0 Å². The average molecular weight is 197 g/mol. The third-order valence-electron chi connectivity index (χ3n) is 2.83.